The molecule has 1 aromatic rings. The van der Waals surface area contributed by atoms with Gasteiger partial charge in [-0.15, -0.1) is 0 Å². The Hall–Kier alpha value is -0.790. The van der Waals surface area contributed by atoms with E-state index in [4.69, 9.17) is 0 Å². The molecule has 32 heavy (non-hydrogen) atoms. The molecule has 0 aliphatic rings. The van der Waals surface area contributed by atoms with E-state index in [0.717, 1.165) is 0 Å². The average Bonchev–Trinajstić information content (AvgIpc) is 3.19. The zero-order chi connectivity index (χ0) is 23.1. The smallest absolute Gasteiger partial charge is 0.234 e. The van der Waals surface area contributed by atoms with Gasteiger partial charge in [0, 0.05) is 6.42 Å². The van der Waals surface area contributed by atoms with Gasteiger partial charge in [0.1, 0.15) is 12.4 Å². The van der Waals surface area contributed by atoms with Gasteiger partial charge in [0.05, 0.1) is 13.1 Å². The Kier molecular flexibility index (Phi) is 20.1. The van der Waals surface area contributed by atoms with Crippen LogP contribution in [0, 0.1) is 0 Å². The van der Waals surface area contributed by atoms with Gasteiger partial charge in [0.25, 0.3) is 5.82 Å². The third-order valence-corrected chi connectivity index (χ3v) is 7.10. The first-order valence-electron chi connectivity index (χ1n) is 14.9. The molecule has 1 rings (SSSR count). The minimum Gasteiger partial charge on any atom is -0.234 e. The Balaban J connectivity index is 2.23. The van der Waals surface area contributed by atoms with Gasteiger partial charge in [0.15, 0.2) is 0 Å². The van der Waals surface area contributed by atoms with Crippen LogP contribution in [0.15, 0.2) is 12.4 Å². The second kappa shape index (κ2) is 22.0. The van der Waals surface area contributed by atoms with Gasteiger partial charge in [-0.3, -0.25) is 0 Å². The molecule has 188 valence electrons. The van der Waals surface area contributed by atoms with E-state index in [1.165, 1.54) is 154 Å². The molecule has 1 aromatic heterocycles. The molecule has 2 nitrogen and oxygen atoms in total. The largest absolute Gasteiger partial charge is 0.256 e. The zero-order valence-electron chi connectivity index (χ0n) is 22.5. The maximum absolute atomic E-state index is 2.59. The SMILES string of the molecule is CCCCCCCCCCCC[n+]1ccn(CCCC)c1CCCCCCCCCCC. The number of aromatic nitrogens is 2. The van der Waals surface area contributed by atoms with Crippen LogP contribution >= 0.6 is 0 Å². The maximum atomic E-state index is 2.59. The second-order valence-corrected chi connectivity index (χ2v) is 10.2. The van der Waals surface area contributed by atoms with Crippen molar-refractivity contribution in [3.8, 4) is 0 Å². The summed E-state index contributed by atoms with van der Waals surface area (Å²) in [4.78, 5) is 0. The van der Waals surface area contributed by atoms with Crippen LogP contribution in [0.5, 0.6) is 0 Å². The Labute approximate surface area is 202 Å². The van der Waals surface area contributed by atoms with Crippen LogP contribution in [-0.2, 0) is 19.5 Å². The highest BCUT2D eigenvalue weighted by molar-refractivity contribution is 4.84. The number of hydrogen-bond acceptors (Lipinski definition) is 0. The lowest BCUT2D eigenvalue weighted by Gasteiger charge is -2.06. The van der Waals surface area contributed by atoms with E-state index in [9.17, 15) is 0 Å². The number of unbranched alkanes of at least 4 members (excludes halogenated alkanes) is 18. The minimum atomic E-state index is 1.20. The standard InChI is InChI=1S/C30H59N2/c1-4-7-10-12-14-16-18-20-22-24-27-32-29-28-31(26-9-6-3)30(32)25-23-21-19-17-15-13-11-8-5-2/h28-29H,4-27H2,1-3H3/q+1. The van der Waals surface area contributed by atoms with Crippen molar-refractivity contribution in [1.82, 2.24) is 4.57 Å². The van der Waals surface area contributed by atoms with E-state index in [1.807, 2.05) is 0 Å². The van der Waals surface area contributed by atoms with E-state index in [2.05, 4.69) is 42.3 Å². The van der Waals surface area contributed by atoms with Gasteiger partial charge < -0.3 is 0 Å². The van der Waals surface area contributed by atoms with E-state index in [-0.39, 0.29) is 0 Å². The van der Waals surface area contributed by atoms with Gasteiger partial charge in [0.2, 0.25) is 0 Å². The van der Waals surface area contributed by atoms with Crippen molar-refractivity contribution in [1.29, 1.82) is 0 Å². The molecular weight excluding hydrogens is 388 g/mol. The molecule has 0 spiro atoms. The fraction of sp³-hybridized carbons (Fsp3) is 0.900. The molecule has 0 amide bonds. The summed E-state index contributed by atoms with van der Waals surface area (Å²) in [6.07, 6.45) is 35.6. The molecule has 1 heterocycles. The normalized spacial score (nSPS) is 11.5. The molecule has 0 radical (unpaired) electrons. The van der Waals surface area contributed by atoms with E-state index in [0.29, 0.717) is 0 Å². The summed E-state index contributed by atoms with van der Waals surface area (Å²) in [7, 11) is 0. The van der Waals surface area contributed by atoms with Gasteiger partial charge >= 0.3 is 0 Å². The molecule has 0 N–H and O–H groups in total. The summed E-state index contributed by atoms with van der Waals surface area (Å²) in [5.74, 6) is 1.59. The highest BCUT2D eigenvalue weighted by Gasteiger charge is 2.16. The number of aryl methyl sites for hydroxylation is 2. The topological polar surface area (TPSA) is 8.81 Å². The van der Waals surface area contributed by atoms with Crippen molar-refractivity contribution >= 4 is 0 Å². The van der Waals surface area contributed by atoms with Crippen molar-refractivity contribution in [2.45, 2.75) is 175 Å². The highest BCUT2D eigenvalue weighted by atomic mass is 15.1. The predicted molar refractivity (Wildman–Crippen MR) is 142 cm³/mol. The van der Waals surface area contributed by atoms with Crippen LogP contribution in [0.1, 0.15) is 161 Å². The molecule has 0 unspecified atom stereocenters. The Morgan fingerprint density at radius 3 is 1.47 bits per heavy atom. The molecule has 0 saturated carbocycles. The molecule has 0 fully saturated rings. The van der Waals surface area contributed by atoms with Crippen LogP contribution in [0.25, 0.3) is 0 Å². The average molecular weight is 448 g/mol. The Morgan fingerprint density at radius 1 is 0.531 bits per heavy atom. The molecule has 0 saturated heterocycles. The Bertz CT molecular complexity index is 505. The van der Waals surface area contributed by atoms with Gasteiger partial charge in [-0.2, -0.15) is 0 Å². The molecule has 2 heteroatoms. The third-order valence-electron chi connectivity index (χ3n) is 7.10. The number of nitrogens with zero attached hydrogens (tertiary/aromatic N) is 2. The lowest BCUT2D eigenvalue weighted by atomic mass is 10.1. The van der Waals surface area contributed by atoms with Crippen LogP contribution in [0.3, 0.4) is 0 Å². The summed E-state index contributed by atoms with van der Waals surface area (Å²) in [5.41, 5.74) is 0. The first-order valence-corrected chi connectivity index (χ1v) is 14.9. The van der Waals surface area contributed by atoms with Crippen LogP contribution in [0.2, 0.25) is 0 Å². The first kappa shape index (κ1) is 29.2. The Morgan fingerprint density at radius 2 is 0.969 bits per heavy atom. The first-order chi connectivity index (χ1) is 15.8. The quantitative estimate of drug-likeness (QED) is 0.110. The summed E-state index contributed by atoms with van der Waals surface area (Å²) in [6.45, 7) is 9.34. The zero-order valence-corrected chi connectivity index (χ0v) is 22.5. The number of rotatable bonds is 24. The van der Waals surface area contributed by atoms with Crippen molar-refractivity contribution in [2.75, 3.05) is 0 Å². The molecule has 0 bridgehead atoms. The van der Waals surface area contributed by atoms with Crippen molar-refractivity contribution < 1.29 is 4.57 Å². The monoisotopic (exact) mass is 447 g/mol. The summed E-state index contributed by atoms with van der Waals surface area (Å²) < 4.78 is 5.15. The fourth-order valence-electron chi connectivity index (χ4n) is 4.88. The lowest BCUT2D eigenvalue weighted by Crippen LogP contribution is -2.37. The highest BCUT2D eigenvalue weighted by Crippen LogP contribution is 2.13. The van der Waals surface area contributed by atoms with Gasteiger partial charge in [-0.05, 0) is 25.7 Å². The number of imidazole rings is 1. The van der Waals surface area contributed by atoms with Gasteiger partial charge in [-0.25, -0.2) is 9.13 Å². The van der Waals surface area contributed by atoms with Crippen LogP contribution in [0.4, 0.5) is 0 Å². The molecule has 0 atom stereocenters. The summed E-state index contributed by atoms with van der Waals surface area (Å²) >= 11 is 0. The van der Waals surface area contributed by atoms with E-state index in [1.54, 1.807) is 5.82 Å². The summed E-state index contributed by atoms with van der Waals surface area (Å²) in [6, 6.07) is 0. The lowest BCUT2D eigenvalue weighted by molar-refractivity contribution is -0.704. The summed E-state index contributed by atoms with van der Waals surface area (Å²) in [5, 5.41) is 0. The number of hydrogen-bond donors (Lipinski definition) is 0. The predicted octanol–water partition coefficient (Wildman–Crippen LogP) is 9.57. The third kappa shape index (κ3) is 15.1. The molecule has 0 aliphatic heterocycles. The van der Waals surface area contributed by atoms with Crippen molar-refractivity contribution in [3.05, 3.63) is 18.2 Å². The molecular formula is C30H59N2+. The van der Waals surface area contributed by atoms with Gasteiger partial charge in [-0.1, -0.05) is 130 Å². The van der Waals surface area contributed by atoms with E-state index >= 15 is 0 Å². The minimum absolute atomic E-state index is 1.20. The molecule has 0 aliphatic carbocycles. The van der Waals surface area contributed by atoms with Crippen molar-refractivity contribution in [3.63, 3.8) is 0 Å². The van der Waals surface area contributed by atoms with Crippen LogP contribution in [-0.4, -0.2) is 4.57 Å². The van der Waals surface area contributed by atoms with Crippen LogP contribution < -0.4 is 4.57 Å². The molecule has 0 aromatic carbocycles. The van der Waals surface area contributed by atoms with Crippen molar-refractivity contribution in [2.24, 2.45) is 0 Å². The fourth-order valence-corrected chi connectivity index (χ4v) is 4.88. The van der Waals surface area contributed by atoms with E-state index < -0.39 is 0 Å². The second-order valence-electron chi connectivity index (χ2n) is 10.2. The maximum Gasteiger partial charge on any atom is 0.256 e.